The van der Waals surface area contributed by atoms with Gasteiger partial charge < -0.3 is 4.90 Å². The van der Waals surface area contributed by atoms with E-state index in [0.29, 0.717) is 0 Å². The van der Waals surface area contributed by atoms with Crippen molar-refractivity contribution in [2.75, 3.05) is 13.1 Å². The Bertz CT molecular complexity index is 559. The SMILES string of the molecule is CCCN1C=CC=CC1.Cc1ccc(S(=O)(=O)O)cc1. The van der Waals surface area contributed by atoms with E-state index >= 15 is 0 Å². The van der Waals surface area contributed by atoms with E-state index in [1.54, 1.807) is 12.1 Å². The molecule has 1 aliphatic rings. The minimum Gasteiger partial charge on any atom is -0.374 e. The van der Waals surface area contributed by atoms with E-state index in [2.05, 4.69) is 36.3 Å². The molecule has 0 saturated heterocycles. The van der Waals surface area contributed by atoms with Crippen LogP contribution in [0.15, 0.2) is 53.6 Å². The van der Waals surface area contributed by atoms with Crippen LogP contribution >= 0.6 is 0 Å². The van der Waals surface area contributed by atoms with E-state index in [0.717, 1.165) is 12.1 Å². The van der Waals surface area contributed by atoms with Gasteiger partial charge in [0.15, 0.2) is 0 Å². The highest BCUT2D eigenvalue weighted by Gasteiger charge is 2.06. The summed E-state index contributed by atoms with van der Waals surface area (Å²) in [5.74, 6) is 0. The predicted molar refractivity (Wildman–Crippen MR) is 81.1 cm³/mol. The highest BCUT2D eigenvalue weighted by Crippen LogP contribution is 2.08. The lowest BCUT2D eigenvalue weighted by Gasteiger charge is -2.18. The van der Waals surface area contributed by atoms with Crippen molar-refractivity contribution in [2.45, 2.75) is 25.2 Å². The van der Waals surface area contributed by atoms with Crippen molar-refractivity contribution < 1.29 is 13.0 Å². The second kappa shape index (κ2) is 7.87. The Balaban J connectivity index is 0.000000204. The van der Waals surface area contributed by atoms with Crippen LogP contribution in [0.3, 0.4) is 0 Å². The van der Waals surface area contributed by atoms with E-state index in [-0.39, 0.29) is 4.90 Å². The lowest BCUT2D eigenvalue weighted by molar-refractivity contribution is 0.411. The minimum absolute atomic E-state index is 0.0666. The molecule has 110 valence electrons. The van der Waals surface area contributed by atoms with Crippen LogP contribution in [-0.4, -0.2) is 31.0 Å². The molecule has 1 aliphatic heterocycles. The molecule has 0 aromatic heterocycles. The molecular weight excluding hydrogens is 274 g/mol. The summed E-state index contributed by atoms with van der Waals surface area (Å²) in [5.41, 5.74) is 0.956. The summed E-state index contributed by atoms with van der Waals surface area (Å²) >= 11 is 0. The normalized spacial score (nSPS) is 13.8. The third kappa shape index (κ3) is 6.04. The van der Waals surface area contributed by atoms with Gasteiger partial charge in [-0.1, -0.05) is 36.8 Å². The summed E-state index contributed by atoms with van der Waals surface area (Å²) in [6, 6.07) is 5.99. The molecule has 1 N–H and O–H groups in total. The first-order valence-electron chi connectivity index (χ1n) is 6.55. The van der Waals surface area contributed by atoms with Crippen molar-refractivity contribution in [1.82, 2.24) is 4.90 Å². The molecule has 1 heterocycles. The Morgan fingerprint density at radius 2 is 1.85 bits per heavy atom. The van der Waals surface area contributed by atoms with Gasteiger partial charge in [0.05, 0.1) is 4.90 Å². The van der Waals surface area contributed by atoms with Crippen molar-refractivity contribution in [3.63, 3.8) is 0 Å². The van der Waals surface area contributed by atoms with Gasteiger partial charge in [-0.25, -0.2) is 0 Å². The van der Waals surface area contributed by atoms with Gasteiger partial charge in [-0.2, -0.15) is 8.42 Å². The Morgan fingerprint density at radius 3 is 2.30 bits per heavy atom. The monoisotopic (exact) mass is 295 g/mol. The van der Waals surface area contributed by atoms with Gasteiger partial charge in [-0.15, -0.1) is 0 Å². The first-order chi connectivity index (χ1) is 9.43. The van der Waals surface area contributed by atoms with Crippen molar-refractivity contribution in [1.29, 1.82) is 0 Å². The maximum atomic E-state index is 10.5. The van der Waals surface area contributed by atoms with Crippen LogP contribution in [-0.2, 0) is 10.1 Å². The average Bonchev–Trinajstić information content (AvgIpc) is 2.40. The van der Waals surface area contributed by atoms with E-state index in [9.17, 15) is 8.42 Å². The number of rotatable bonds is 3. The van der Waals surface area contributed by atoms with E-state index in [1.807, 2.05) is 6.92 Å². The summed E-state index contributed by atoms with van der Waals surface area (Å²) in [4.78, 5) is 2.24. The molecule has 0 amide bonds. The van der Waals surface area contributed by atoms with Crippen LogP contribution in [0, 0.1) is 6.92 Å². The molecule has 0 spiro atoms. The first kappa shape index (κ1) is 16.5. The molecule has 0 bridgehead atoms. The highest BCUT2D eigenvalue weighted by molar-refractivity contribution is 7.85. The molecule has 0 aliphatic carbocycles. The summed E-state index contributed by atoms with van der Waals surface area (Å²) in [7, 11) is -4.02. The molecule has 0 fully saturated rings. The summed E-state index contributed by atoms with van der Waals surface area (Å²) in [5, 5.41) is 0. The third-order valence-electron chi connectivity index (χ3n) is 2.71. The quantitative estimate of drug-likeness (QED) is 0.871. The largest absolute Gasteiger partial charge is 0.374 e. The molecule has 0 radical (unpaired) electrons. The Morgan fingerprint density at radius 1 is 1.20 bits per heavy atom. The molecule has 4 nitrogen and oxygen atoms in total. The second-order valence-electron chi connectivity index (χ2n) is 4.55. The molecule has 20 heavy (non-hydrogen) atoms. The topological polar surface area (TPSA) is 57.6 Å². The molecule has 0 unspecified atom stereocenters. The van der Waals surface area contributed by atoms with E-state index in [4.69, 9.17) is 4.55 Å². The zero-order valence-electron chi connectivity index (χ0n) is 11.9. The lowest BCUT2D eigenvalue weighted by atomic mass is 10.2. The van der Waals surface area contributed by atoms with Crippen LogP contribution in [0.1, 0.15) is 18.9 Å². The van der Waals surface area contributed by atoms with Crippen LogP contribution in [0.4, 0.5) is 0 Å². The minimum atomic E-state index is -4.02. The van der Waals surface area contributed by atoms with Gasteiger partial charge in [-0.05, 0) is 37.8 Å². The fourth-order valence-electron chi connectivity index (χ4n) is 1.67. The van der Waals surface area contributed by atoms with Crippen LogP contribution in [0.5, 0.6) is 0 Å². The van der Waals surface area contributed by atoms with Crippen molar-refractivity contribution in [3.05, 3.63) is 54.3 Å². The van der Waals surface area contributed by atoms with Gasteiger partial charge in [0, 0.05) is 13.1 Å². The van der Waals surface area contributed by atoms with Crippen LogP contribution in [0.25, 0.3) is 0 Å². The zero-order valence-corrected chi connectivity index (χ0v) is 12.7. The van der Waals surface area contributed by atoms with Gasteiger partial charge in [0.2, 0.25) is 0 Å². The Kier molecular flexibility index (Phi) is 6.48. The summed E-state index contributed by atoms with van der Waals surface area (Å²) in [6.07, 6.45) is 9.72. The molecule has 5 heteroatoms. The fourth-order valence-corrected chi connectivity index (χ4v) is 2.15. The molecule has 2 rings (SSSR count). The van der Waals surface area contributed by atoms with E-state index in [1.165, 1.54) is 25.1 Å². The predicted octanol–water partition coefficient (Wildman–Crippen LogP) is 3.02. The number of nitrogens with zero attached hydrogens (tertiary/aromatic N) is 1. The molecule has 0 atom stereocenters. The van der Waals surface area contributed by atoms with Crippen molar-refractivity contribution in [3.8, 4) is 0 Å². The average molecular weight is 295 g/mol. The van der Waals surface area contributed by atoms with Crippen molar-refractivity contribution in [2.24, 2.45) is 0 Å². The maximum absolute atomic E-state index is 10.5. The summed E-state index contributed by atoms with van der Waals surface area (Å²) in [6.45, 7) is 6.31. The lowest BCUT2D eigenvalue weighted by Crippen LogP contribution is -2.19. The highest BCUT2D eigenvalue weighted by atomic mass is 32.2. The fraction of sp³-hybridized carbons (Fsp3) is 0.333. The molecule has 1 aromatic rings. The van der Waals surface area contributed by atoms with Gasteiger partial charge in [0.1, 0.15) is 0 Å². The zero-order chi connectivity index (χ0) is 15.0. The molecular formula is C15H21NO3S. The van der Waals surface area contributed by atoms with Gasteiger partial charge in [0.25, 0.3) is 10.1 Å². The maximum Gasteiger partial charge on any atom is 0.294 e. The van der Waals surface area contributed by atoms with Gasteiger partial charge in [-0.3, -0.25) is 4.55 Å². The first-order valence-corrected chi connectivity index (χ1v) is 7.99. The van der Waals surface area contributed by atoms with E-state index < -0.39 is 10.1 Å². The Hall–Kier alpha value is -1.59. The third-order valence-corrected chi connectivity index (χ3v) is 3.58. The number of hydrogen-bond acceptors (Lipinski definition) is 3. The molecule has 0 saturated carbocycles. The van der Waals surface area contributed by atoms with Crippen LogP contribution < -0.4 is 0 Å². The summed E-state index contributed by atoms with van der Waals surface area (Å²) < 4.78 is 29.6. The number of allylic oxidation sites excluding steroid dienone is 2. The number of aryl methyl sites for hydroxylation is 1. The van der Waals surface area contributed by atoms with Gasteiger partial charge >= 0.3 is 0 Å². The van der Waals surface area contributed by atoms with Crippen molar-refractivity contribution >= 4 is 10.1 Å². The standard InChI is InChI=1S/C8H13N.C7H8O3S/c1-2-6-9-7-4-3-5-8-9;1-6-2-4-7(5-3-6)11(8,9)10/h3-5,7H,2,6,8H2,1H3;2-5H,1H3,(H,8,9,10). The second-order valence-corrected chi connectivity index (χ2v) is 5.97. The number of hydrogen-bond donors (Lipinski definition) is 1. The smallest absolute Gasteiger partial charge is 0.294 e. The molecule has 1 aromatic carbocycles. The van der Waals surface area contributed by atoms with Crippen LogP contribution in [0.2, 0.25) is 0 Å². The Labute approximate surface area is 121 Å². The number of benzene rings is 1.